The average Bonchev–Trinajstić information content (AvgIpc) is 3.78. The monoisotopic (exact) mass is 717 g/mol. The van der Waals surface area contributed by atoms with Crippen LogP contribution in [0.3, 0.4) is 0 Å². The van der Waals surface area contributed by atoms with Crippen LogP contribution in [0.1, 0.15) is 61.4 Å². The number of Topliss-reactive ketones (excluding diaryl/α,β-unsaturated/α-hetero) is 1. The first kappa shape index (κ1) is 35.5. The number of esters is 1. The molecule has 3 fully saturated rings. The summed E-state index contributed by atoms with van der Waals surface area (Å²) in [5, 5.41) is 3.28. The van der Waals surface area contributed by atoms with E-state index in [4.69, 9.17) is 25.5 Å². The van der Waals surface area contributed by atoms with Crippen molar-refractivity contribution in [2.45, 2.75) is 63.8 Å². The van der Waals surface area contributed by atoms with Crippen molar-refractivity contribution in [2.24, 2.45) is 5.92 Å². The zero-order valence-corrected chi connectivity index (χ0v) is 29.0. The van der Waals surface area contributed by atoms with E-state index in [1.165, 1.54) is 12.3 Å². The second-order valence-corrected chi connectivity index (χ2v) is 15.6. The van der Waals surface area contributed by atoms with Gasteiger partial charge < -0.3 is 19.2 Å². The third-order valence-corrected chi connectivity index (χ3v) is 11.7. The highest BCUT2D eigenvalue weighted by Gasteiger charge is 2.53. The Morgan fingerprint density at radius 1 is 1.02 bits per heavy atom. The van der Waals surface area contributed by atoms with Gasteiger partial charge in [-0.15, -0.1) is 0 Å². The molecule has 2 aliphatic heterocycles. The quantitative estimate of drug-likeness (QED) is 0.264. The predicted molar refractivity (Wildman–Crippen MR) is 182 cm³/mol. The van der Waals surface area contributed by atoms with E-state index in [1.54, 1.807) is 36.1 Å². The van der Waals surface area contributed by atoms with Crippen molar-refractivity contribution in [1.29, 1.82) is 0 Å². The Hall–Kier alpha value is -3.36. The number of carbonyl (C=O) groups is 3. The first-order chi connectivity index (χ1) is 23.5. The maximum absolute atomic E-state index is 15.8. The number of ketones is 1. The van der Waals surface area contributed by atoms with E-state index < -0.39 is 39.3 Å². The lowest BCUT2D eigenvalue weighted by Crippen LogP contribution is -2.70. The number of amides is 1. The van der Waals surface area contributed by atoms with Crippen molar-refractivity contribution in [3.05, 3.63) is 64.6 Å². The number of ether oxygens (including phenoxy) is 2. The van der Waals surface area contributed by atoms with Gasteiger partial charge in [0.05, 0.1) is 46.4 Å². The summed E-state index contributed by atoms with van der Waals surface area (Å²) >= 11 is 6.57. The summed E-state index contributed by atoms with van der Waals surface area (Å²) in [6, 6.07) is 9.45. The molecule has 49 heavy (non-hydrogen) atoms. The number of nitrogens with zero attached hydrogens (tertiary/aromatic N) is 2. The van der Waals surface area contributed by atoms with Crippen LogP contribution in [0.15, 0.2) is 47.1 Å². The Morgan fingerprint density at radius 3 is 2.39 bits per heavy atom. The molecule has 1 aliphatic carbocycles. The molecule has 1 amide bonds. The van der Waals surface area contributed by atoms with E-state index in [0.717, 1.165) is 18.9 Å². The number of carbonyl (C=O) groups excluding carboxylic acids is 3. The van der Waals surface area contributed by atoms with Crippen molar-refractivity contribution in [3.63, 3.8) is 0 Å². The zero-order chi connectivity index (χ0) is 34.8. The molecule has 1 N–H and O–H groups in total. The van der Waals surface area contributed by atoms with Gasteiger partial charge in [-0.05, 0) is 69.2 Å². The number of rotatable bonds is 11. The molecule has 1 atom stereocenters. The molecule has 3 aliphatic rings. The van der Waals surface area contributed by atoms with E-state index in [-0.39, 0.29) is 64.7 Å². The van der Waals surface area contributed by atoms with E-state index in [9.17, 15) is 22.8 Å². The summed E-state index contributed by atoms with van der Waals surface area (Å²) in [7, 11) is -3.29. The Balaban J connectivity index is 1.27. The molecule has 1 aromatic heterocycles. The van der Waals surface area contributed by atoms with Crippen molar-refractivity contribution >= 4 is 55.8 Å². The Morgan fingerprint density at radius 2 is 1.69 bits per heavy atom. The minimum absolute atomic E-state index is 0.0181. The van der Waals surface area contributed by atoms with E-state index >= 15 is 4.39 Å². The number of hydrogen-bond donors (Lipinski definition) is 1. The minimum atomic E-state index is -3.29. The summed E-state index contributed by atoms with van der Waals surface area (Å²) < 4.78 is 58.3. The number of benzene rings is 2. The maximum atomic E-state index is 15.8. The summed E-state index contributed by atoms with van der Waals surface area (Å²) in [5.41, 5.74) is 0.844. The van der Waals surface area contributed by atoms with Crippen LogP contribution in [-0.4, -0.2) is 92.1 Å². The number of halogens is 2. The molecule has 14 heteroatoms. The predicted octanol–water partition coefficient (Wildman–Crippen LogP) is 5.21. The highest BCUT2D eigenvalue weighted by Crippen LogP contribution is 2.37. The largest absolute Gasteiger partial charge is 0.466 e. The normalized spacial score (nSPS) is 22.8. The number of sulfone groups is 1. The highest BCUT2D eigenvalue weighted by molar-refractivity contribution is 7.91. The van der Waals surface area contributed by atoms with Crippen LogP contribution in [0, 0.1) is 11.7 Å². The summed E-state index contributed by atoms with van der Waals surface area (Å²) in [4.78, 5) is 43.9. The van der Waals surface area contributed by atoms with Crippen molar-refractivity contribution in [2.75, 3.05) is 49.6 Å². The third kappa shape index (κ3) is 7.56. The van der Waals surface area contributed by atoms with Gasteiger partial charge >= 0.3 is 5.97 Å². The standard InChI is InChI=1S/C35H41ClFN3O8S/c1-2-46-34(43)23-9-11-25(12-10-23)48-35(39-13-5-6-14-39,40-15-17-49(44,45)18-16-40)32(41)20-24-19-28(36)30(21-29(24)37)38-33(42)27-22-47-31-8-4-3-7-26(27)31/h3-4,7-8,19,21-23,25H,2,5-6,9-18,20H2,1H3,(H,38,42)/t23-,25-,35?. The fourth-order valence-corrected chi connectivity index (χ4v) is 8.60. The van der Waals surface area contributed by atoms with Gasteiger partial charge in [0.15, 0.2) is 15.6 Å². The van der Waals surface area contributed by atoms with Crippen LogP contribution in [-0.2, 0) is 35.3 Å². The van der Waals surface area contributed by atoms with Crippen LogP contribution in [0.5, 0.6) is 0 Å². The number of fused-ring (bicyclic) bond motifs is 1. The third-order valence-electron chi connectivity index (χ3n) is 9.76. The number of likely N-dealkylation sites (tertiary alicyclic amines) is 1. The van der Waals surface area contributed by atoms with Gasteiger partial charge in [-0.1, -0.05) is 29.8 Å². The number of para-hydroxylation sites is 1. The van der Waals surface area contributed by atoms with Gasteiger partial charge in [0.25, 0.3) is 5.91 Å². The van der Waals surface area contributed by atoms with Crippen LogP contribution < -0.4 is 5.32 Å². The van der Waals surface area contributed by atoms with Gasteiger partial charge in [-0.25, -0.2) is 12.8 Å². The second kappa shape index (κ2) is 14.9. The smallest absolute Gasteiger partial charge is 0.308 e. The van der Waals surface area contributed by atoms with Crippen molar-refractivity contribution in [1.82, 2.24) is 9.80 Å². The van der Waals surface area contributed by atoms with E-state index in [1.807, 2.05) is 4.90 Å². The molecule has 2 saturated heterocycles. The zero-order valence-electron chi connectivity index (χ0n) is 27.4. The lowest BCUT2D eigenvalue weighted by molar-refractivity contribution is -0.255. The molecule has 0 spiro atoms. The number of furan rings is 1. The van der Waals surface area contributed by atoms with Gasteiger partial charge in [0.1, 0.15) is 17.7 Å². The summed E-state index contributed by atoms with van der Waals surface area (Å²) in [6.45, 7) is 3.33. The minimum Gasteiger partial charge on any atom is -0.466 e. The lowest BCUT2D eigenvalue weighted by Gasteiger charge is -2.50. The molecular formula is C35H41ClFN3O8S. The Kier molecular flexibility index (Phi) is 10.8. The van der Waals surface area contributed by atoms with E-state index in [0.29, 0.717) is 56.3 Å². The molecule has 264 valence electrons. The van der Waals surface area contributed by atoms with Crippen LogP contribution in [0.25, 0.3) is 11.0 Å². The molecule has 3 heterocycles. The average molecular weight is 718 g/mol. The Labute approximate surface area is 289 Å². The number of hydrogen-bond acceptors (Lipinski definition) is 10. The molecule has 0 bridgehead atoms. The second-order valence-electron chi connectivity index (χ2n) is 12.9. The first-order valence-corrected chi connectivity index (χ1v) is 19.0. The van der Waals surface area contributed by atoms with Crippen LogP contribution >= 0.6 is 11.6 Å². The fraction of sp³-hybridized carbons (Fsp3) is 0.514. The van der Waals surface area contributed by atoms with Crippen molar-refractivity contribution < 1.29 is 41.1 Å². The summed E-state index contributed by atoms with van der Waals surface area (Å²) in [6.07, 6.45) is 4.29. The first-order valence-electron chi connectivity index (χ1n) is 16.8. The van der Waals surface area contributed by atoms with Crippen molar-refractivity contribution in [3.8, 4) is 0 Å². The molecule has 11 nitrogen and oxygen atoms in total. The molecule has 2 aromatic carbocycles. The van der Waals surface area contributed by atoms with Gasteiger partial charge in [-0.2, -0.15) is 0 Å². The molecule has 6 rings (SSSR count). The SMILES string of the molecule is CCOC(=O)[C@H]1CC[C@H](OC(C(=O)Cc2cc(Cl)c(NC(=O)c3coc4ccccc34)cc2F)(N2CCCC2)N2CCS(=O)(=O)CC2)CC1. The van der Waals surface area contributed by atoms with E-state index in [2.05, 4.69) is 5.32 Å². The molecule has 1 saturated carbocycles. The fourth-order valence-electron chi connectivity index (χ4n) is 7.16. The highest BCUT2D eigenvalue weighted by atomic mass is 35.5. The lowest BCUT2D eigenvalue weighted by atomic mass is 9.87. The molecular weight excluding hydrogens is 677 g/mol. The molecule has 0 radical (unpaired) electrons. The Bertz CT molecular complexity index is 1810. The van der Waals surface area contributed by atoms with Crippen LogP contribution in [0.4, 0.5) is 10.1 Å². The van der Waals surface area contributed by atoms with Gasteiger partial charge in [0.2, 0.25) is 5.85 Å². The molecule has 3 aromatic rings. The molecule has 1 unspecified atom stereocenters. The topological polar surface area (TPSA) is 135 Å². The van der Waals surface area contributed by atoms with Gasteiger partial charge in [0, 0.05) is 38.0 Å². The van der Waals surface area contributed by atoms with Gasteiger partial charge in [-0.3, -0.25) is 24.2 Å². The maximum Gasteiger partial charge on any atom is 0.308 e. The number of anilines is 1. The number of nitrogens with one attached hydrogen (secondary N) is 1. The summed E-state index contributed by atoms with van der Waals surface area (Å²) in [5.74, 6) is -4.09. The van der Waals surface area contributed by atoms with Crippen LogP contribution in [0.2, 0.25) is 5.02 Å².